The molecule has 3 aliphatic heterocycles. The van der Waals surface area contributed by atoms with Gasteiger partial charge >= 0.3 is 11.9 Å². The van der Waals surface area contributed by atoms with E-state index in [1.165, 1.54) is 6.92 Å². The summed E-state index contributed by atoms with van der Waals surface area (Å²) in [5.41, 5.74) is -5.22. The number of carbonyl (C=O) groups is 2. The van der Waals surface area contributed by atoms with E-state index in [0.29, 0.717) is 31.7 Å². The molecule has 4 bridgehead atoms. The van der Waals surface area contributed by atoms with E-state index in [1.807, 2.05) is 13.8 Å². The standard InChI is InChI=1S/C34H53NO10/c1-7-17(3)29(39)44-28-26(38)25-19(15-35-14-16(2)8-9-23(35)31(25,6)40)20-13-32-27(33(20,28)41)21(37)12-22-30(32,5)11-10-24(43-18(4)36)34(22,42)45-32/h16-17,19-28,37-38,40-42H,7-15H2,1-6H3/t16-,17+,19-,20-,21+,22-,23-,24-,25+,26+,27+,28-,30-,31-,32+,33-,34-/m0/s1. The first kappa shape index (κ1) is 32.2. The number of aliphatic hydroxyl groups is 5. The van der Waals surface area contributed by atoms with Crippen molar-refractivity contribution in [3.8, 4) is 0 Å². The predicted octanol–water partition coefficient (Wildman–Crippen LogP) is 1.35. The van der Waals surface area contributed by atoms with Crippen LogP contribution < -0.4 is 0 Å². The molecule has 11 nitrogen and oxygen atoms in total. The Morgan fingerprint density at radius 2 is 1.78 bits per heavy atom. The third-order valence-electron chi connectivity index (χ3n) is 14.3. The van der Waals surface area contributed by atoms with Gasteiger partial charge in [0.1, 0.15) is 5.60 Å². The van der Waals surface area contributed by atoms with E-state index in [2.05, 4.69) is 11.8 Å². The van der Waals surface area contributed by atoms with E-state index in [-0.39, 0.29) is 18.9 Å². The Labute approximate surface area is 265 Å². The highest BCUT2D eigenvalue weighted by molar-refractivity contribution is 5.72. The zero-order valence-corrected chi connectivity index (χ0v) is 27.5. The summed E-state index contributed by atoms with van der Waals surface area (Å²) in [6.45, 7) is 12.2. The summed E-state index contributed by atoms with van der Waals surface area (Å²) in [4.78, 5) is 27.8. The van der Waals surface area contributed by atoms with Crippen molar-refractivity contribution < 1.29 is 49.3 Å². The van der Waals surface area contributed by atoms with Gasteiger partial charge in [-0.1, -0.05) is 27.7 Å². The van der Waals surface area contributed by atoms with Gasteiger partial charge in [-0.2, -0.15) is 0 Å². The molecule has 3 saturated heterocycles. The second-order valence-corrected chi connectivity index (χ2v) is 16.6. The van der Waals surface area contributed by atoms with Gasteiger partial charge < -0.3 is 39.7 Å². The fourth-order valence-corrected chi connectivity index (χ4v) is 12.3. The summed E-state index contributed by atoms with van der Waals surface area (Å²) in [6.07, 6.45) is -1.45. The summed E-state index contributed by atoms with van der Waals surface area (Å²) in [5.74, 6) is -6.32. The first-order chi connectivity index (χ1) is 21.0. The minimum Gasteiger partial charge on any atom is -0.457 e. The molecule has 0 aromatic rings. The van der Waals surface area contributed by atoms with Crippen LogP contribution in [0.2, 0.25) is 0 Å². The first-order valence-electron chi connectivity index (χ1n) is 17.3. The molecular formula is C34H53NO10. The highest BCUT2D eigenvalue weighted by atomic mass is 16.7. The van der Waals surface area contributed by atoms with Crippen LogP contribution in [-0.2, 0) is 23.8 Å². The van der Waals surface area contributed by atoms with E-state index in [1.54, 1.807) is 13.8 Å². The number of aliphatic hydroxyl groups excluding tert-OH is 2. The van der Waals surface area contributed by atoms with E-state index >= 15 is 0 Å². The van der Waals surface area contributed by atoms with E-state index < -0.39 is 99.9 Å². The van der Waals surface area contributed by atoms with Gasteiger partial charge in [0.2, 0.25) is 5.79 Å². The zero-order valence-electron chi connectivity index (χ0n) is 27.5. The summed E-state index contributed by atoms with van der Waals surface area (Å²) in [7, 11) is 0. The Kier molecular flexibility index (Phi) is 7.22. The third-order valence-corrected chi connectivity index (χ3v) is 14.3. The number of ether oxygens (including phenoxy) is 3. The Morgan fingerprint density at radius 3 is 2.44 bits per heavy atom. The van der Waals surface area contributed by atoms with Gasteiger partial charge in [-0.15, -0.1) is 0 Å². The topological polar surface area (TPSA) is 166 Å². The zero-order chi connectivity index (χ0) is 32.6. The average molecular weight is 636 g/mol. The summed E-state index contributed by atoms with van der Waals surface area (Å²) in [6, 6.07) is -0.191. The van der Waals surface area contributed by atoms with Crippen molar-refractivity contribution in [2.45, 2.75) is 140 Å². The largest absolute Gasteiger partial charge is 0.457 e. The second-order valence-electron chi connectivity index (χ2n) is 16.6. The van der Waals surface area contributed by atoms with Crippen LogP contribution in [0.1, 0.15) is 86.5 Å². The molecule has 0 unspecified atom stereocenters. The molecule has 7 fully saturated rings. The number of hydrogen-bond donors (Lipinski definition) is 5. The smallest absolute Gasteiger partial charge is 0.309 e. The van der Waals surface area contributed by atoms with Crippen molar-refractivity contribution in [3.05, 3.63) is 0 Å². The molecule has 1 spiro atoms. The van der Waals surface area contributed by atoms with Gasteiger partial charge in [-0.3, -0.25) is 14.5 Å². The Hall–Kier alpha value is -1.34. The number of carbonyl (C=O) groups excluding carboxylic acids is 2. The molecule has 0 aromatic carbocycles. The number of rotatable bonds is 4. The van der Waals surface area contributed by atoms with E-state index in [4.69, 9.17) is 14.2 Å². The van der Waals surface area contributed by atoms with Gasteiger partial charge in [0.05, 0.1) is 29.3 Å². The lowest BCUT2D eigenvalue weighted by molar-refractivity contribution is -0.299. The minimum absolute atomic E-state index is 0.0891. The molecule has 17 atom stereocenters. The van der Waals surface area contributed by atoms with Crippen molar-refractivity contribution in [1.82, 2.24) is 4.90 Å². The van der Waals surface area contributed by atoms with Crippen LogP contribution in [0.3, 0.4) is 0 Å². The minimum atomic E-state index is -1.91. The third kappa shape index (κ3) is 3.95. The van der Waals surface area contributed by atoms with Crippen LogP contribution in [0.15, 0.2) is 0 Å². The van der Waals surface area contributed by atoms with Gasteiger partial charge in [0.15, 0.2) is 12.2 Å². The fourth-order valence-electron chi connectivity index (χ4n) is 12.3. The monoisotopic (exact) mass is 635 g/mol. The highest BCUT2D eigenvalue weighted by Gasteiger charge is 2.87. The van der Waals surface area contributed by atoms with Gasteiger partial charge in [-0.05, 0) is 69.6 Å². The van der Waals surface area contributed by atoms with Crippen molar-refractivity contribution in [2.24, 2.45) is 46.8 Å². The maximum atomic E-state index is 13.4. The molecule has 45 heavy (non-hydrogen) atoms. The quantitative estimate of drug-likeness (QED) is 0.283. The Balaban J connectivity index is 1.38. The van der Waals surface area contributed by atoms with Crippen LogP contribution in [0.4, 0.5) is 0 Å². The van der Waals surface area contributed by atoms with Crippen molar-refractivity contribution in [1.29, 1.82) is 0 Å². The molecule has 11 heteroatoms. The van der Waals surface area contributed by atoms with Crippen molar-refractivity contribution >= 4 is 11.9 Å². The summed E-state index contributed by atoms with van der Waals surface area (Å²) in [5, 5.41) is 62.1. The lowest BCUT2D eigenvalue weighted by atomic mass is 9.49. The van der Waals surface area contributed by atoms with Gasteiger partial charge in [0.25, 0.3) is 0 Å². The number of nitrogens with zero attached hydrogens (tertiary/aromatic N) is 1. The molecule has 254 valence electrons. The normalized spacial score (nSPS) is 57.2. The van der Waals surface area contributed by atoms with Gasteiger partial charge in [-0.25, -0.2) is 0 Å². The van der Waals surface area contributed by atoms with Crippen LogP contribution in [-0.4, -0.2) is 109 Å². The lowest BCUT2D eigenvalue weighted by Crippen LogP contribution is -2.77. The Bertz CT molecular complexity index is 1250. The van der Waals surface area contributed by atoms with Crippen LogP contribution >= 0.6 is 0 Å². The maximum Gasteiger partial charge on any atom is 0.309 e. The SMILES string of the molecule is CC[C@@H](C)C(=O)O[C@H]1[C@H](O)[C@H]2[C@@H](CN3C[C@@H](C)CC[C@H]3[C@]2(C)O)[C@@H]2C[C@]34O[C@]5(O)[C@@H](OC(C)=O)CC[C@@]3(C)[C@@H]5C[C@@H](O)[C@H]4[C@@]21O. The Morgan fingerprint density at radius 1 is 1.07 bits per heavy atom. The molecular weight excluding hydrogens is 582 g/mol. The predicted molar refractivity (Wildman–Crippen MR) is 159 cm³/mol. The summed E-state index contributed by atoms with van der Waals surface area (Å²) >= 11 is 0. The van der Waals surface area contributed by atoms with Gasteiger partial charge in [0, 0.05) is 49.2 Å². The number of hydrogen-bond acceptors (Lipinski definition) is 11. The molecule has 7 rings (SSSR count). The molecule has 5 N–H and O–H groups in total. The maximum absolute atomic E-state index is 13.4. The number of esters is 2. The highest BCUT2D eigenvalue weighted by Crippen LogP contribution is 2.77. The number of piperidine rings is 2. The van der Waals surface area contributed by atoms with Crippen LogP contribution in [0, 0.1) is 46.8 Å². The van der Waals surface area contributed by atoms with E-state index in [9.17, 15) is 35.1 Å². The average Bonchev–Trinajstić information content (AvgIpc) is 3.24. The first-order valence-corrected chi connectivity index (χ1v) is 17.3. The lowest BCUT2D eigenvalue weighted by Gasteiger charge is -2.64. The molecule has 0 radical (unpaired) electrons. The number of fused-ring (bicyclic) bond motifs is 5. The molecule has 0 aromatic heterocycles. The molecule has 3 heterocycles. The fraction of sp³-hybridized carbons (Fsp3) is 0.941. The van der Waals surface area contributed by atoms with Crippen LogP contribution in [0.25, 0.3) is 0 Å². The van der Waals surface area contributed by atoms with Crippen molar-refractivity contribution in [2.75, 3.05) is 13.1 Å². The molecule has 0 amide bonds. The molecule has 7 aliphatic rings. The van der Waals surface area contributed by atoms with Crippen molar-refractivity contribution in [3.63, 3.8) is 0 Å². The second kappa shape index (κ2) is 10.1. The van der Waals surface area contributed by atoms with Crippen LogP contribution in [0.5, 0.6) is 0 Å². The molecule has 4 aliphatic carbocycles. The molecule has 4 saturated carbocycles. The van der Waals surface area contributed by atoms with E-state index in [0.717, 1.165) is 19.4 Å². The summed E-state index contributed by atoms with van der Waals surface area (Å²) < 4.78 is 18.6.